The van der Waals surface area contributed by atoms with E-state index in [0.29, 0.717) is 17.4 Å². The number of phosphoric ester groups is 1. The summed E-state index contributed by atoms with van der Waals surface area (Å²) in [5.41, 5.74) is 0. The second kappa shape index (κ2) is 57.6. The van der Waals surface area contributed by atoms with Gasteiger partial charge in [0.05, 0.1) is 39.9 Å². The average molecular weight is 1090 g/mol. The van der Waals surface area contributed by atoms with Crippen molar-refractivity contribution >= 4 is 13.7 Å². The zero-order chi connectivity index (χ0) is 56.3. The van der Waals surface area contributed by atoms with E-state index in [1.165, 1.54) is 128 Å². The lowest BCUT2D eigenvalue weighted by molar-refractivity contribution is -0.870. The Morgan fingerprint density at radius 3 is 1.19 bits per heavy atom. The minimum absolute atomic E-state index is 0.0441. The third kappa shape index (κ3) is 60.4. The number of unbranched alkanes of at least 4 members (excludes halogenated alkanes) is 25. The fraction of sp³-hybridized carbons (Fsp3) is 0.691. The molecule has 9 heteroatoms. The number of rotatable bonds is 56. The van der Waals surface area contributed by atoms with Crippen LogP contribution in [0.3, 0.4) is 0 Å². The van der Waals surface area contributed by atoms with Gasteiger partial charge in [-0.05, 0) is 96.3 Å². The molecule has 0 aliphatic carbocycles. The van der Waals surface area contributed by atoms with Crippen molar-refractivity contribution < 1.29 is 32.9 Å². The van der Waals surface area contributed by atoms with Gasteiger partial charge >= 0.3 is 7.82 Å². The molecule has 77 heavy (non-hydrogen) atoms. The second-order valence-corrected chi connectivity index (χ2v) is 23.5. The Morgan fingerprint density at radius 1 is 0.455 bits per heavy atom. The van der Waals surface area contributed by atoms with E-state index < -0.39 is 20.0 Å². The van der Waals surface area contributed by atoms with Gasteiger partial charge in [-0.1, -0.05) is 270 Å². The van der Waals surface area contributed by atoms with Crippen molar-refractivity contribution in [1.29, 1.82) is 0 Å². The van der Waals surface area contributed by atoms with Crippen LogP contribution in [-0.4, -0.2) is 73.4 Å². The maximum atomic E-state index is 13.0. The number of carbonyl (C=O) groups excluding carboxylic acids is 1. The molecule has 0 aromatic carbocycles. The average Bonchev–Trinajstić information content (AvgIpc) is 3.39. The van der Waals surface area contributed by atoms with Crippen molar-refractivity contribution in [1.82, 2.24) is 5.32 Å². The van der Waals surface area contributed by atoms with Crippen molar-refractivity contribution in [3.63, 3.8) is 0 Å². The van der Waals surface area contributed by atoms with Gasteiger partial charge in [-0.15, -0.1) is 0 Å². The molecule has 0 radical (unpaired) electrons. The number of allylic oxidation sites excluding steroid dienone is 19. The minimum Gasteiger partial charge on any atom is -0.387 e. The summed E-state index contributed by atoms with van der Waals surface area (Å²) in [4.78, 5) is 23.3. The first-order chi connectivity index (χ1) is 37.5. The van der Waals surface area contributed by atoms with E-state index >= 15 is 0 Å². The molecule has 0 rings (SSSR count). The summed E-state index contributed by atoms with van der Waals surface area (Å²) in [5, 5.41) is 13.9. The van der Waals surface area contributed by atoms with Crippen LogP contribution >= 0.6 is 7.82 Å². The van der Waals surface area contributed by atoms with Crippen LogP contribution in [0, 0.1) is 0 Å². The number of nitrogens with zero attached hydrogens (tertiary/aromatic N) is 1. The number of carbonyl (C=O) groups is 1. The molecule has 0 aromatic rings. The fourth-order valence-electron chi connectivity index (χ4n) is 8.54. The topological polar surface area (TPSA) is 105 Å². The lowest BCUT2D eigenvalue weighted by atomic mass is 10.0. The highest BCUT2D eigenvalue weighted by atomic mass is 31.2. The smallest absolute Gasteiger partial charge is 0.387 e. The molecule has 1 amide bonds. The van der Waals surface area contributed by atoms with Crippen LogP contribution in [-0.2, 0) is 18.4 Å². The lowest BCUT2D eigenvalue weighted by Gasteiger charge is -2.25. The highest BCUT2D eigenvalue weighted by molar-refractivity contribution is 7.47. The van der Waals surface area contributed by atoms with Crippen LogP contribution in [0.15, 0.2) is 122 Å². The zero-order valence-corrected chi connectivity index (χ0v) is 51.3. The quantitative estimate of drug-likeness (QED) is 0.0243. The van der Waals surface area contributed by atoms with Gasteiger partial charge in [0.25, 0.3) is 0 Å². The lowest BCUT2D eigenvalue weighted by Crippen LogP contribution is -2.45. The van der Waals surface area contributed by atoms with E-state index in [1.54, 1.807) is 6.08 Å². The van der Waals surface area contributed by atoms with Crippen molar-refractivity contribution in [2.24, 2.45) is 0 Å². The van der Waals surface area contributed by atoms with Gasteiger partial charge in [0.1, 0.15) is 13.2 Å². The normalized spacial score (nSPS) is 14.6. The summed E-state index contributed by atoms with van der Waals surface area (Å²) in [6, 6.07) is -0.888. The molecule has 0 aliphatic heterocycles. The van der Waals surface area contributed by atoms with Crippen LogP contribution in [0.1, 0.15) is 251 Å². The molecule has 3 atom stereocenters. The first-order valence-corrected chi connectivity index (χ1v) is 32.9. The highest BCUT2D eigenvalue weighted by Crippen LogP contribution is 2.43. The molecule has 0 fully saturated rings. The number of hydrogen-bond donors (Lipinski definition) is 3. The van der Waals surface area contributed by atoms with Gasteiger partial charge in [0, 0.05) is 6.42 Å². The summed E-state index contributed by atoms with van der Waals surface area (Å²) in [6.07, 6.45) is 86.1. The molecule has 3 unspecified atom stereocenters. The maximum absolute atomic E-state index is 13.0. The molecule has 0 spiro atoms. The number of likely N-dealkylation sites (N-methyl/N-ethyl adjacent to an activating group) is 1. The van der Waals surface area contributed by atoms with E-state index in [-0.39, 0.29) is 19.1 Å². The number of amides is 1. The number of quaternary nitrogens is 1. The van der Waals surface area contributed by atoms with Gasteiger partial charge in [-0.3, -0.25) is 13.8 Å². The number of aliphatic hydroxyl groups is 1. The Balaban J connectivity index is 4.31. The van der Waals surface area contributed by atoms with Crippen LogP contribution in [0.25, 0.3) is 0 Å². The Hall–Kier alpha value is -3.10. The largest absolute Gasteiger partial charge is 0.472 e. The predicted octanol–water partition coefficient (Wildman–Crippen LogP) is 19.7. The van der Waals surface area contributed by atoms with Crippen LogP contribution in [0.4, 0.5) is 0 Å². The van der Waals surface area contributed by atoms with Gasteiger partial charge in [-0.25, -0.2) is 4.57 Å². The number of hydrogen-bond acceptors (Lipinski definition) is 5. The molecule has 442 valence electrons. The fourth-order valence-corrected chi connectivity index (χ4v) is 9.28. The number of aliphatic hydroxyl groups excluding tert-OH is 1. The van der Waals surface area contributed by atoms with E-state index in [2.05, 4.69) is 129 Å². The molecule has 8 nitrogen and oxygen atoms in total. The second-order valence-electron chi connectivity index (χ2n) is 22.0. The van der Waals surface area contributed by atoms with Crippen molar-refractivity contribution in [2.75, 3.05) is 40.9 Å². The maximum Gasteiger partial charge on any atom is 0.472 e. The van der Waals surface area contributed by atoms with Crippen molar-refractivity contribution in [3.8, 4) is 0 Å². The monoisotopic (exact) mass is 1090 g/mol. The van der Waals surface area contributed by atoms with Gasteiger partial charge in [-0.2, -0.15) is 0 Å². The van der Waals surface area contributed by atoms with Crippen molar-refractivity contribution in [3.05, 3.63) is 122 Å². The van der Waals surface area contributed by atoms with Crippen molar-refractivity contribution in [2.45, 2.75) is 264 Å². The predicted molar refractivity (Wildman–Crippen MR) is 336 cm³/mol. The van der Waals surface area contributed by atoms with E-state index in [1.807, 2.05) is 27.2 Å². The number of phosphoric acid groups is 1. The first kappa shape index (κ1) is 73.9. The summed E-state index contributed by atoms with van der Waals surface area (Å²) < 4.78 is 23.7. The summed E-state index contributed by atoms with van der Waals surface area (Å²) in [7, 11) is 1.52. The molecular formula is C68H120N2O6P+. The highest BCUT2D eigenvalue weighted by Gasteiger charge is 2.27. The SMILES string of the molecule is CC/C=C\C/C=C\C/C=C\C/C=C\C/C=C\C/C=C\C/C=C\C/C=C\CCCCCCC(=O)NC(COP(=O)(O)OCC[N+](C)(C)C)C(O)/C=C/CC/C=C/CCCCCCCCCCCCCCCCCCCCCC. The van der Waals surface area contributed by atoms with E-state index in [4.69, 9.17) is 9.05 Å². The third-order valence-corrected chi connectivity index (χ3v) is 14.4. The van der Waals surface area contributed by atoms with Gasteiger partial charge < -0.3 is 19.8 Å². The third-order valence-electron chi connectivity index (χ3n) is 13.4. The summed E-state index contributed by atoms with van der Waals surface area (Å²) in [6.45, 7) is 4.67. The molecule has 0 saturated heterocycles. The Kier molecular flexibility index (Phi) is 55.3. The molecule has 0 bridgehead atoms. The van der Waals surface area contributed by atoms with Gasteiger partial charge in [0.2, 0.25) is 5.91 Å². The van der Waals surface area contributed by atoms with Crippen LogP contribution < -0.4 is 5.32 Å². The molecule has 3 N–H and O–H groups in total. The minimum atomic E-state index is -4.38. The zero-order valence-electron chi connectivity index (χ0n) is 50.4. The standard InChI is InChI=1S/C68H119N2O6P/c1-6-8-10-12-14-16-18-20-22-24-26-28-30-32-34-35-36-38-40-42-44-46-48-50-52-54-56-58-60-62-68(72)69-66(65-76-77(73,74)75-64-63-70(3,4)5)67(71)61-59-57-55-53-51-49-47-45-43-41-39-37-33-31-29-27-25-23-21-19-17-15-13-11-9-7-2/h8,10,14,16,20,22,26,28,32,34,36,38,42,44,48,50-51,53,59,61,66-67,71H,6-7,9,11-13,15,17-19,21,23-25,27,29-31,33,35,37,39-41,43,45-47,49,52,54-58,60,62-65H2,1-5H3,(H-,69,72,73,74)/p+1/b10-8-,16-14-,22-20-,28-26-,34-32-,38-36-,44-42-,50-48-,53-51+,61-59+. The van der Waals surface area contributed by atoms with Crippen LogP contribution in [0.5, 0.6) is 0 Å². The molecule has 0 heterocycles. The van der Waals surface area contributed by atoms with Crippen LogP contribution in [0.2, 0.25) is 0 Å². The summed E-state index contributed by atoms with van der Waals surface area (Å²) >= 11 is 0. The molecule has 0 saturated carbocycles. The Bertz CT molecular complexity index is 1670. The number of nitrogens with one attached hydrogen (secondary N) is 1. The molecular weight excluding hydrogens is 972 g/mol. The summed E-state index contributed by atoms with van der Waals surface area (Å²) in [5.74, 6) is -0.214. The first-order valence-electron chi connectivity index (χ1n) is 31.4. The molecule has 0 aromatic heterocycles. The van der Waals surface area contributed by atoms with E-state index in [0.717, 1.165) is 103 Å². The molecule has 0 aliphatic rings. The Labute approximate surface area is 475 Å². The Morgan fingerprint density at radius 2 is 0.792 bits per heavy atom. The van der Waals surface area contributed by atoms with Gasteiger partial charge in [0.15, 0.2) is 0 Å². The van der Waals surface area contributed by atoms with E-state index in [9.17, 15) is 19.4 Å².